The second-order valence-corrected chi connectivity index (χ2v) is 7.06. The van der Waals surface area contributed by atoms with Crippen molar-refractivity contribution in [1.29, 1.82) is 0 Å². The third kappa shape index (κ3) is 3.94. The Labute approximate surface area is 174 Å². The number of aromatic nitrogens is 4. The van der Waals surface area contributed by atoms with E-state index in [1.165, 1.54) is 35.5 Å². The Bertz CT molecular complexity index is 1140. The molecular formula is C18H18FN7O5. The molecule has 1 aliphatic heterocycles. The normalized spacial score (nSPS) is 18.5. The highest BCUT2D eigenvalue weighted by atomic mass is 19.1. The van der Waals surface area contributed by atoms with Crippen LogP contribution in [0.3, 0.4) is 0 Å². The van der Waals surface area contributed by atoms with Crippen LogP contribution in [-0.2, 0) is 11.3 Å². The van der Waals surface area contributed by atoms with Gasteiger partial charge in [-0.05, 0) is 24.1 Å². The summed E-state index contributed by atoms with van der Waals surface area (Å²) in [6, 6.07) is 4.79. The second kappa shape index (κ2) is 8.10. The number of nitrogen functional groups attached to an aromatic ring is 1. The molecular weight excluding hydrogens is 413 g/mol. The molecule has 1 fully saturated rings. The molecule has 3 aromatic rings. The fourth-order valence-corrected chi connectivity index (χ4v) is 3.61. The molecule has 1 amide bonds. The van der Waals surface area contributed by atoms with Crippen molar-refractivity contribution in [1.82, 2.24) is 24.4 Å². The van der Waals surface area contributed by atoms with Crippen molar-refractivity contribution in [2.75, 3.05) is 18.9 Å². The lowest BCUT2D eigenvalue weighted by Gasteiger charge is -2.22. The van der Waals surface area contributed by atoms with Gasteiger partial charge < -0.3 is 25.0 Å². The van der Waals surface area contributed by atoms with Crippen molar-refractivity contribution in [3.63, 3.8) is 0 Å². The number of halogens is 1. The van der Waals surface area contributed by atoms with E-state index in [-0.39, 0.29) is 48.5 Å². The monoisotopic (exact) mass is 431 g/mol. The number of nitro benzene ring substituents is 1. The number of rotatable bonds is 5. The van der Waals surface area contributed by atoms with E-state index in [0.717, 1.165) is 0 Å². The van der Waals surface area contributed by atoms with Gasteiger partial charge in [0.25, 0.3) is 5.69 Å². The number of nitrogens with two attached hydrogens (primary N) is 1. The number of carbonyl (C=O) groups excluding carboxylic acids is 1. The lowest BCUT2D eigenvalue weighted by molar-refractivity contribution is -0.384. The molecule has 12 nitrogen and oxygen atoms in total. The Morgan fingerprint density at radius 2 is 2.10 bits per heavy atom. The van der Waals surface area contributed by atoms with Crippen LogP contribution in [0, 0.1) is 16.2 Å². The molecule has 0 saturated carbocycles. The van der Waals surface area contributed by atoms with E-state index in [2.05, 4.69) is 15.0 Å². The number of ether oxygens (including phenoxy) is 1. The number of hydrogen-bond donors (Lipinski definition) is 2. The number of carbonyl (C=O) groups is 1. The van der Waals surface area contributed by atoms with Gasteiger partial charge in [0, 0.05) is 18.7 Å². The van der Waals surface area contributed by atoms with Crippen LogP contribution in [0.25, 0.3) is 11.2 Å². The van der Waals surface area contributed by atoms with Crippen molar-refractivity contribution >= 4 is 28.8 Å². The number of hydrogen-bond acceptors (Lipinski definition) is 9. The van der Waals surface area contributed by atoms with Crippen molar-refractivity contribution in [2.24, 2.45) is 0 Å². The number of aliphatic hydroxyl groups is 1. The molecule has 13 heteroatoms. The smallest absolute Gasteiger partial charge is 0.410 e. The van der Waals surface area contributed by atoms with Gasteiger partial charge in [-0.2, -0.15) is 14.4 Å². The highest BCUT2D eigenvalue weighted by molar-refractivity contribution is 5.81. The predicted octanol–water partition coefficient (Wildman–Crippen LogP) is 1.40. The van der Waals surface area contributed by atoms with E-state index in [1.54, 1.807) is 4.57 Å². The third-order valence-corrected chi connectivity index (χ3v) is 5.16. The number of amides is 1. The summed E-state index contributed by atoms with van der Waals surface area (Å²) in [4.78, 5) is 35.5. The van der Waals surface area contributed by atoms with Crippen LogP contribution >= 0.6 is 0 Å². The number of imidazole rings is 1. The minimum Gasteiger partial charge on any atom is -0.445 e. The van der Waals surface area contributed by atoms with Crippen LogP contribution in [0.1, 0.15) is 18.0 Å². The molecule has 3 heterocycles. The molecule has 0 spiro atoms. The fourth-order valence-electron chi connectivity index (χ4n) is 3.61. The standard InChI is InChI=1S/C18H18FN7O5/c19-17-22-15(20)14-16(23-17)25(9-21-14)12-5-13(7-27)24(6-12)18(28)31-8-10-1-3-11(4-2-10)26(29)30/h1-4,9,12-13,27H,5-8H2,(H2,20,22,23)/t12-,13+/m0/s1. The van der Waals surface area contributed by atoms with Gasteiger partial charge >= 0.3 is 12.2 Å². The number of aliphatic hydroxyl groups excluding tert-OH is 1. The van der Waals surface area contributed by atoms with E-state index >= 15 is 0 Å². The molecule has 4 rings (SSSR count). The zero-order valence-electron chi connectivity index (χ0n) is 16.1. The van der Waals surface area contributed by atoms with E-state index in [0.29, 0.717) is 12.0 Å². The first kappa shape index (κ1) is 20.4. The summed E-state index contributed by atoms with van der Waals surface area (Å²) in [7, 11) is 0. The first-order chi connectivity index (χ1) is 14.9. The number of likely N-dealkylation sites (tertiary alicyclic amines) is 1. The molecule has 3 N–H and O–H groups in total. The molecule has 1 aliphatic rings. The molecule has 2 aromatic heterocycles. The molecule has 0 radical (unpaired) electrons. The zero-order chi connectivity index (χ0) is 22.1. The van der Waals surface area contributed by atoms with Gasteiger partial charge in [-0.3, -0.25) is 10.1 Å². The lowest BCUT2D eigenvalue weighted by Crippen LogP contribution is -2.38. The molecule has 0 unspecified atom stereocenters. The minimum absolute atomic E-state index is 0.0637. The van der Waals surface area contributed by atoms with E-state index in [9.17, 15) is 24.4 Å². The Kier molecular flexibility index (Phi) is 5.33. The summed E-state index contributed by atoms with van der Waals surface area (Å²) < 4.78 is 20.5. The van der Waals surface area contributed by atoms with Crippen molar-refractivity contribution < 1.29 is 24.0 Å². The molecule has 1 saturated heterocycles. The van der Waals surface area contributed by atoms with Crippen LogP contribution < -0.4 is 5.73 Å². The summed E-state index contributed by atoms with van der Waals surface area (Å²) >= 11 is 0. The maximum atomic E-state index is 13.6. The number of nitro groups is 1. The Morgan fingerprint density at radius 1 is 1.35 bits per heavy atom. The summed E-state index contributed by atoms with van der Waals surface area (Å²) in [5.74, 6) is -0.0858. The molecule has 162 valence electrons. The summed E-state index contributed by atoms with van der Waals surface area (Å²) in [6.45, 7) is -0.193. The number of nitrogens with zero attached hydrogens (tertiary/aromatic N) is 6. The first-order valence-corrected chi connectivity index (χ1v) is 9.30. The predicted molar refractivity (Wildman–Crippen MR) is 104 cm³/mol. The Balaban J connectivity index is 1.47. The van der Waals surface area contributed by atoms with Gasteiger partial charge in [0.05, 0.1) is 29.9 Å². The molecule has 2 atom stereocenters. The zero-order valence-corrected chi connectivity index (χ0v) is 16.1. The lowest BCUT2D eigenvalue weighted by atomic mass is 10.2. The average molecular weight is 431 g/mol. The molecule has 0 aliphatic carbocycles. The van der Waals surface area contributed by atoms with E-state index < -0.39 is 23.1 Å². The van der Waals surface area contributed by atoms with Gasteiger partial charge in [-0.1, -0.05) is 0 Å². The van der Waals surface area contributed by atoms with Gasteiger partial charge in [0.1, 0.15) is 12.1 Å². The summed E-state index contributed by atoms with van der Waals surface area (Å²) in [6.07, 6.45) is 0.188. The largest absolute Gasteiger partial charge is 0.445 e. The molecule has 0 bridgehead atoms. The number of benzene rings is 1. The number of fused-ring (bicyclic) bond motifs is 1. The van der Waals surface area contributed by atoms with Gasteiger partial charge in [-0.15, -0.1) is 0 Å². The minimum atomic E-state index is -0.984. The number of non-ortho nitro benzene ring substituents is 1. The Hall–Kier alpha value is -3.87. The quantitative estimate of drug-likeness (QED) is 0.345. The highest BCUT2D eigenvalue weighted by Crippen LogP contribution is 2.31. The van der Waals surface area contributed by atoms with Crippen LogP contribution in [0.4, 0.5) is 20.7 Å². The third-order valence-electron chi connectivity index (χ3n) is 5.16. The number of anilines is 1. The fraction of sp³-hybridized carbons (Fsp3) is 0.333. The van der Waals surface area contributed by atoms with Crippen molar-refractivity contribution in [3.8, 4) is 0 Å². The van der Waals surface area contributed by atoms with Gasteiger partial charge in [0.2, 0.25) is 0 Å². The molecule has 31 heavy (non-hydrogen) atoms. The van der Waals surface area contributed by atoms with Gasteiger partial charge in [0.15, 0.2) is 11.5 Å². The van der Waals surface area contributed by atoms with Crippen LogP contribution in [-0.4, -0.2) is 59.7 Å². The first-order valence-electron chi connectivity index (χ1n) is 9.30. The maximum Gasteiger partial charge on any atom is 0.410 e. The SMILES string of the molecule is Nc1nc(F)nc2c1ncn2[C@H]1C[C@H](CO)N(C(=O)OCc2ccc([N+](=O)[O-])cc2)C1. The highest BCUT2D eigenvalue weighted by Gasteiger charge is 2.37. The molecule has 1 aromatic carbocycles. The van der Waals surface area contributed by atoms with Crippen LogP contribution in [0.5, 0.6) is 0 Å². The van der Waals surface area contributed by atoms with Crippen LogP contribution in [0.15, 0.2) is 30.6 Å². The van der Waals surface area contributed by atoms with E-state index in [1.807, 2.05) is 0 Å². The van der Waals surface area contributed by atoms with Crippen LogP contribution in [0.2, 0.25) is 0 Å². The van der Waals surface area contributed by atoms with Crippen molar-refractivity contribution in [2.45, 2.75) is 25.1 Å². The van der Waals surface area contributed by atoms with Crippen molar-refractivity contribution in [3.05, 3.63) is 52.3 Å². The van der Waals surface area contributed by atoms with Gasteiger partial charge in [-0.25, -0.2) is 9.78 Å². The summed E-state index contributed by atoms with van der Waals surface area (Å²) in [5.41, 5.74) is 6.66. The Morgan fingerprint density at radius 3 is 2.77 bits per heavy atom. The second-order valence-electron chi connectivity index (χ2n) is 7.06. The van der Waals surface area contributed by atoms with E-state index in [4.69, 9.17) is 10.5 Å². The maximum absolute atomic E-state index is 13.6. The average Bonchev–Trinajstić information content (AvgIpc) is 3.36. The summed E-state index contributed by atoms with van der Waals surface area (Å²) in [5, 5.41) is 20.4. The topological polar surface area (TPSA) is 163 Å².